The largest absolute Gasteiger partial charge is 0.492 e. The van der Waals surface area contributed by atoms with Crippen LogP contribution in [-0.2, 0) is 0 Å². The van der Waals surface area contributed by atoms with Crippen molar-refractivity contribution >= 4 is 29.7 Å². The molecule has 5 rings (SSSR count). The van der Waals surface area contributed by atoms with Gasteiger partial charge < -0.3 is 14.6 Å². The van der Waals surface area contributed by atoms with Gasteiger partial charge in [-0.05, 0) is 85.6 Å². The number of fused-ring (bicyclic) bond motifs is 3. The van der Waals surface area contributed by atoms with E-state index >= 15 is 0 Å². The Hall–Kier alpha value is -2.51. The van der Waals surface area contributed by atoms with Gasteiger partial charge in [-0.15, -0.1) is 0 Å². The number of nitrogens with one attached hydrogen (secondary N) is 1. The molecular weight excluding hydrogens is 427 g/mol. The predicted molar refractivity (Wildman–Crippen MR) is 125 cm³/mol. The Balaban J connectivity index is 1.40. The summed E-state index contributed by atoms with van der Waals surface area (Å²) in [6.07, 6.45) is 5.26. The molecule has 3 aliphatic rings. The summed E-state index contributed by atoms with van der Waals surface area (Å²) in [5.41, 5.74) is 3.77. The summed E-state index contributed by atoms with van der Waals surface area (Å²) in [6.45, 7) is 5.74. The average molecular weight is 455 g/mol. The number of carboxylic acid groups (broad SMARTS) is 1. The fraction of sp³-hybridized carbons (Fsp3) is 0.400. The van der Waals surface area contributed by atoms with Crippen molar-refractivity contribution in [2.45, 2.75) is 37.0 Å². The first kappa shape index (κ1) is 21.3. The average Bonchev–Trinajstić information content (AvgIpc) is 3.58. The van der Waals surface area contributed by atoms with E-state index in [9.17, 15) is 14.3 Å². The number of ether oxygens (including phenoxy) is 1. The maximum absolute atomic E-state index is 14.0. The van der Waals surface area contributed by atoms with E-state index in [4.69, 9.17) is 4.74 Å². The van der Waals surface area contributed by atoms with Gasteiger partial charge in [0, 0.05) is 17.4 Å². The monoisotopic (exact) mass is 454 g/mol. The van der Waals surface area contributed by atoms with Crippen LogP contribution in [0.4, 0.5) is 10.1 Å². The molecule has 2 N–H and O–H groups in total. The van der Waals surface area contributed by atoms with Crippen molar-refractivity contribution in [3.63, 3.8) is 0 Å². The van der Waals surface area contributed by atoms with Crippen LogP contribution in [0.3, 0.4) is 0 Å². The predicted octanol–water partition coefficient (Wildman–Crippen LogP) is 5.64. The number of carbonyl (C=O) groups is 1. The smallest absolute Gasteiger partial charge is 0.341 e. The van der Waals surface area contributed by atoms with Crippen molar-refractivity contribution in [1.82, 2.24) is 4.90 Å². The van der Waals surface area contributed by atoms with E-state index in [-0.39, 0.29) is 11.4 Å². The maximum atomic E-state index is 14.0. The van der Waals surface area contributed by atoms with Gasteiger partial charge in [0.1, 0.15) is 17.1 Å². The van der Waals surface area contributed by atoms with Crippen LogP contribution < -0.4 is 9.46 Å². The molecule has 168 valence electrons. The molecule has 2 aromatic carbocycles. The Bertz CT molecular complexity index is 1090. The van der Waals surface area contributed by atoms with Crippen LogP contribution in [0.2, 0.25) is 0 Å². The molecule has 5 nitrogen and oxygen atoms in total. The van der Waals surface area contributed by atoms with Crippen LogP contribution in [0, 0.1) is 11.7 Å². The summed E-state index contributed by atoms with van der Waals surface area (Å²) in [7, 11) is 0. The lowest BCUT2D eigenvalue weighted by atomic mass is 10.0. The fourth-order valence-electron chi connectivity index (χ4n) is 4.76. The number of likely N-dealkylation sites (N-methyl/N-ethyl adjacent to an activating group) is 1. The summed E-state index contributed by atoms with van der Waals surface area (Å²) in [4.78, 5) is 15.3. The first-order valence-corrected chi connectivity index (χ1v) is 12.0. The van der Waals surface area contributed by atoms with Gasteiger partial charge in [0.2, 0.25) is 0 Å². The summed E-state index contributed by atoms with van der Waals surface area (Å²) in [5, 5.41) is 9.88. The minimum atomic E-state index is -1.01. The summed E-state index contributed by atoms with van der Waals surface area (Å²) in [6, 6.07) is 8.52. The highest BCUT2D eigenvalue weighted by molar-refractivity contribution is 8.00. The van der Waals surface area contributed by atoms with E-state index in [0.29, 0.717) is 29.9 Å². The van der Waals surface area contributed by atoms with E-state index in [2.05, 4.69) is 22.6 Å². The van der Waals surface area contributed by atoms with Gasteiger partial charge in [-0.25, -0.2) is 9.18 Å². The Morgan fingerprint density at radius 1 is 1.38 bits per heavy atom. The zero-order valence-corrected chi connectivity index (χ0v) is 18.9. The van der Waals surface area contributed by atoms with E-state index in [1.54, 1.807) is 12.1 Å². The highest BCUT2D eigenvalue weighted by Crippen LogP contribution is 2.55. The second-order valence-corrected chi connectivity index (χ2v) is 9.63. The van der Waals surface area contributed by atoms with E-state index < -0.39 is 5.97 Å². The highest BCUT2D eigenvalue weighted by Gasteiger charge is 2.45. The third kappa shape index (κ3) is 4.24. The van der Waals surface area contributed by atoms with E-state index in [1.165, 1.54) is 23.6 Å². The second-order valence-electron chi connectivity index (χ2n) is 8.79. The first-order chi connectivity index (χ1) is 15.5. The molecule has 2 aromatic rings. The van der Waals surface area contributed by atoms with Gasteiger partial charge in [-0.3, -0.25) is 4.90 Å². The van der Waals surface area contributed by atoms with Crippen LogP contribution >= 0.6 is 11.9 Å². The number of hydrogen-bond acceptors (Lipinski definition) is 5. The molecule has 0 bridgehead atoms. The Kier molecular flexibility index (Phi) is 5.86. The van der Waals surface area contributed by atoms with Crippen molar-refractivity contribution < 1.29 is 19.0 Å². The van der Waals surface area contributed by atoms with Crippen molar-refractivity contribution in [2.75, 3.05) is 31.0 Å². The Morgan fingerprint density at radius 2 is 2.25 bits per heavy atom. The molecule has 2 fully saturated rings. The lowest BCUT2D eigenvalue weighted by Crippen LogP contribution is -2.30. The molecule has 0 radical (unpaired) electrons. The summed E-state index contributed by atoms with van der Waals surface area (Å²) in [5.74, 6) is 0.150. The Labute approximate surface area is 191 Å². The molecule has 1 aliphatic carbocycles. The summed E-state index contributed by atoms with van der Waals surface area (Å²) >= 11 is 1.30. The molecule has 1 unspecified atom stereocenters. The number of carboxylic acids is 1. The number of piperidine rings is 1. The van der Waals surface area contributed by atoms with Gasteiger partial charge in [0.25, 0.3) is 0 Å². The molecule has 1 saturated heterocycles. The fourth-order valence-corrected chi connectivity index (χ4v) is 5.53. The van der Waals surface area contributed by atoms with Gasteiger partial charge in [0.15, 0.2) is 0 Å². The Morgan fingerprint density at radius 3 is 3.06 bits per heavy atom. The lowest BCUT2D eigenvalue weighted by molar-refractivity contribution is 0.0692. The molecule has 7 heteroatoms. The van der Waals surface area contributed by atoms with Crippen LogP contribution in [-0.4, -0.2) is 42.2 Å². The third-order valence-electron chi connectivity index (χ3n) is 6.61. The number of aromatic carboxylic acids is 1. The molecule has 1 saturated carbocycles. The molecular formula is C25H27FN2O3S. The normalized spacial score (nSPS) is 23.2. The van der Waals surface area contributed by atoms with Gasteiger partial charge in [0.05, 0.1) is 12.3 Å². The molecule has 2 atom stereocenters. The van der Waals surface area contributed by atoms with Gasteiger partial charge in [-0.2, -0.15) is 0 Å². The number of nitrogens with zero attached hydrogens (tertiary/aromatic N) is 1. The molecule has 0 aromatic heterocycles. The van der Waals surface area contributed by atoms with Crippen LogP contribution in [0.15, 0.2) is 40.8 Å². The number of halogens is 1. The number of hydrogen-bond donors (Lipinski definition) is 2. The van der Waals surface area contributed by atoms with Crippen molar-refractivity contribution in [2.24, 2.45) is 5.92 Å². The van der Waals surface area contributed by atoms with Gasteiger partial charge in [-0.1, -0.05) is 24.6 Å². The van der Waals surface area contributed by atoms with Crippen LogP contribution in [0.25, 0.3) is 6.08 Å². The number of anilines is 1. The molecule has 2 aliphatic heterocycles. The zero-order chi connectivity index (χ0) is 22.2. The molecule has 0 spiro atoms. The lowest BCUT2D eigenvalue weighted by Gasteiger charge is -2.27. The van der Waals surface area contributed by atoms with E-state index in [1.807, 2.05) is 12.1 Å². The molecule has 32 heavy (non-hydrogen) atoms. The molecule has 2 heterocycles. The third-order valence-corrected chi connectivity index (χ3v) is 7.53. The topological polar surface area (TPSA) is 61.8 Å². The van der Waals surface area contributed by atoms with Crippen molar-refractivity contribution in [1.29, 1.82) is 0 Å². The van der Waals surface area contributed by atoms with Crippen LogP contribution in [0.1, 0.15) is 53.6 Å². The quantitative estimate of drug-likeness (QED) is 0.551. The standard InChI is InChI=1S/C25H27FN2O3S/c1-2-28-9-3-4-15(13-28)10-16-11-18(26)5-8-22(16)32-27-21-7-6-19-20-12-17(20)14-31-24(19)23(21)25(29)30/h5-8,10-11,17,20,27H,2-4,9,12-14H2,1H3,(H,29,30)/b15-10-/t17-,20?/m0/s1. The minimum Gasteiger partial charge on any atom is -0.492 e. The number of benzene rings is 2. The molecule has 0 amide bonds. The van der Waals surface area contributed by atoms with Crippen molar-refractivity contribution in [3.05, 3.63) is 58.4 Å². The summed E-state index contributed by atoms with van der Waals surface area (Å²) < 4.78 is 23.1. The van der Waals surface area contributed by atoms with Crippen molar-refractivity contribution in [3.8, 4) is 5.75 Å². The van der Waals surface area contributed by atoms with Crippen LogP contribution in [0.5, 0.6) is 5.75 Å². The second kappa shape index (κ2) is 8.79. The van der Waals surface area contributed by atoms with Gasteiger partial charge >= 0.3 is 5.97 Å². The van der Waals surface area contributed by atoms with E-state index in [0.717, 1.165) is 54.9 Å². The number of likely N-dealkylation sites (tertiary alicyclic amines) is 1. The number of rotatable bonds is 6. The zero-order valence-electron chi connectivity index (χ0n) is 18.1. The highest BCUT2D eigenvalue weighted by atomic mass is 32.2. The SMILES string of the molecule is CCN1CCC/C(=C/c2cc(F)ccc2SNc2ccc3c(c2C(=O)O)OC[C@@H]2CC32)C1. The maximum Gasteiger partial charge on any atom is 0.341 e. The first-order valence-electron chi connectivity index (χ1n) is 11.2. The minimum absolute atomic E-state index is 0.174.